The molecule has 4 rings (SSSR count). The van der Waals surface area contributed by atoms with Crippen LogP contribution in [0.2, 0.25) is 5.15 Å². The van der Waals surface area contributed by atoms with E-state index in [2.05, 4.69) is 9.97 Å². The molecule has 2 aromatic heterocycles. The lowest BCUT2D eigenvalue weighted by Gasteiger charge is -2.22. The molecule has 0 spiro atoms. The second-order valence-electron chi connectivity index (χ2n) is 8.40. The molecule has 2 aliphatic rings. The summed E-state index contributed by atoms with van der Waals surface area (Å²) in [6, 6.07) is 10.5. The van der Waals surface area contributed by atoms with Crippen LogP contribution in [-0.2, 0) is 18.9 Å². The van der Waals surface area contributed by atoms with E-state index >= 15 is 0 Å². The number of ether oxygens (including phenoxy) is 5. The summed E-state index contributed by atoms with van der Waals surface area (Å²) in [5.41, 5.74) is 10.8. The highest BCUT2D eigenvalue weighted by atomic mass is 35.5. The van der Waals surface area contributed by atoms with E-state index in [1.165, 1.54) is 12.8 Å². The molecule has 4 heterocycles. The highest BCUT2D eigenvalue weighted by Gasteiger charge is 2.14. The monoisotopic (exact) mass is 540 g/mol. The number of nitrogens with two attached hydrogens (primary N) is 2. The van der Waals surface area contributed by atoms with Gasteiger partial charge in [0.1, 0.15) is 16.8 Å². The Labute approximate surface area is 224 Å². The van der Waals surface area contributed by atoms with Crippen molar-refractivity contribution < 1.29 is 28.8 Å². The van der Waals surface area contributed by atoms with Crippen molar-refractivity contribution in [2.45, 2.75) is 63.9 Å². The molecule has 2 unspecified atom stereocenters. The summed E-state index contributed by atoms with van der Waals surface area (Å²) in [4.78, 5) is 7.77. The number of aliphatic hydroxyl groups is 1. The molecule has 5 N–H and O–H groups in total. The molecule has 10 nitrogen and oxygen atoms in total. The molecule has 11 heteroatoms. The van der Waals surface area contributed by atoms with Crippen LogP contribution in [0.25, 0.3) is 0 Å². The molecule has 2 aromatic rings. The number of aromatic nitrogens is 2. The number of aliphatic hydroxyl groups excluding tert-OH is 1. The number of rotatable bonds is 10. The fraction of sp³-hybridized carbons (Fsp3) is 0.615. The molecule has 2 atom stereocenters. The second-order valence-corrected chi connectivity index (χ2v) is 8.79. The second kappa shape index (κ2) is 19.8. The van der Waals surface area contributed by atoms with Crippen molar-refractivity contribution in [3.05, 3.63) is 41.6 Å². The Balaban J connectivity index is 0.000000215. The Morgan fingerprint density at radius 2 is 1.41 bits per heavy atom. The van der Waals surface area contributed by atoms with Crippen LogP contribution < -0.4 is 16.2 Å². The zero-order chi connectivity index (χ0) is 26.6. The third-order valence-corrected chi connectivity index (χ3v) is 5.42. The maximum Gasteiger partial charge on any atom is 0.215 e. The summed E-state index contributed by atoms with van der Waals surface area (Å²) < 4.78 is 27.2. The Bertz CT molecular complexity index is 821. The van der Waals surface area contributed by atoms with Gasteiger partial charge in [0.25, 0.3) is 0 Å². The van der Waals surface area contributed by atoms with Gasteiger partial charge in [0, 0.05) is 32.3 Å². The predicted molar refractivity (Wildman–Crippen MR) is 143 cm³/mol. The quantitative estimate of drug-likeness (QED) is 0.296. The topological polar surface area (TPSA) is 144 Å². The summed E-state index contributed by atoms with van der Waals surface area (Å²) >= 11 is 5.45. The minimum atomic E-state index is -0.0238. The summed E-state index contributed by atoms with van der Waals surface area (Å²) in [6.07, 6.45) is 8.18. The van der Waals surface area contributed by atoms with Crippen molar-refractivity contribution in [2.75, 3.05) is 51.1 Å². The number of anilines is 2. The Hall–Kier alpha value is -2.21. The van der Waals surface area contributed by atoms with E-state index < -0.39 is 0 Å². The average molecular weight is 541 g/mol. The van der Waals surface area contributed by atoms with E-state index in [0.29, 0.717) is 48.9 Å². The summed E-state index contributed by atoms with van der Waals surface area (Å²) in [5.74, 6) is 1.49. The van der Waals surface area contributed by atoms with Gasteiger partial charge in [-0.2, -0.15) is 4.98 Å². The van der Waals surface area contributed by atoms with Crippen LogP contribution in [0, 0.1) is 0 Å². The minimum absolute atomic E-state index is 0.00435. The van der Waals surface area contributed by atoms with Gasteiger partial charge in [-0.15, -0.1) is 0 Å². The lowest BCUT2D eigenvalue weighted by molar-refractivity contribution is -0.163. The Morgan fingerprint density at radius 3 is 1.89 bits per heavy atom. The fourth-order valence-corrected chi connectivity index (χ4v) is 3.52. The molecule has 37 heavy (non-hydrogen) atoms. The minimum Gasteiger partial charge on any atom is -0.478 e. The van der Waals surface area contributed by atoms with Crippen molar-refractivity contribution in [3.8, 4) is 5.88 Å². The van der Waals surface area contributed by atoms with Gasteiger partial charge in [-0.05, 0) is 63.1 Å². The van der Waals surface area contributed by atoms with Gasteiger partial charge >= 0.3 is 0 Å². The van der Waals surface area contributed by atoms with Crippen LogP contribution >= 0.6 is 11.6 Å². The molecule has 0 bridgehead atoms. The lowest BCUT2D eigenvalue weighted by Crippen LogP contribution is -2.23. The maximum atomic E-state index is 8.47. The van der Waals surface area contributed by atoms with Gasteiger partial charge in [-0.1, -0.05) is 23.7 Å². The van der Waals surface area contributed by atoms with E-state index in [-0.39, 0.29) is 19.2 Å². The van der Waals surface area contributed by atoms with Crippen molar-refractivity contribution in [1.29, 1.82) is 0 Å². The van der Waals surface area contributed by atoms with E-state index in [0.717, 1.165) is 45.3 Å². The molecular formula is C26H41ClN4O6. The maximum absolute atomic E-state index is 8.47. The van der Waals surface area contributed by atoms with E-state index in [1.807, 2.05) is 6.07 Å². The first-order valence-electron chi connectivity index (χ1n) is 12.9. The summed E-state index contributed by atoms with van der Waals surface area (Å²) in [6.45, 7) is 3.67. The van der Waals surface area contributed by atoms with Crippen LogP contribution in [-0.4, -0.2) is 67.3 Å². The zero-order valence-corrected chi connectivity index (χ0v) is 22.2. The molecule has 0 aliphatic carbocycles. The molecule has 2 saturated heterocycles. The number of nitrogen functional groups attached to an aromatic ring is 2. The van der Waals surface area contributed by atoms with E-state index in [4.69, 9.17) is 51.9 Å². The molecule has 2 aliphatic heterocycles. The van der Waals surface area contributed by atoms with Gasteiger partial charge in [0.2, 0.25) is 5.88 Å². The third kappa shape index (κ3) is 15.6. The van der Waals surface area contributed by atoms with Crippen LogP contribution in [0.1, 0.15) is 51.4 Å². The van der Waals surface area contributed by atoms with Crippen LogP contribution in [0.5, 0.6) is 5.88 Å². The van der Waals surface area contributed by atoms with E-state index in [1.54, 1.807) is 30.3 Å². The number of nitrogens with zero attached hydrogens (tertiary/aromatic N) is 2. The van der Waals surface area contributed by atoms with E-state index in [9.17, 15) is 0 Å². The Kier molecular flexibility index (Phi) is 16.6. The van der Waals surface area contributed by atoms with Crippen LogP contribution in [0.15, 0.2) is 36.4 Å². The highest BCUT2D eigenvalue weighted by molar-refractivity contribution is 6.29. The first-order valence-corrected chi connectivity index (χ1v) is 13.2. The smallest absolute Gasteiger partial charge is 0.215 e. The molecule has 0 saturated carbocycles. The number of pyridine rings is 2. The normalized spacial score (nSPS) is 19.1. The van der Waals surface area contributed by atoms with Crippen LogP contribution in [0.4, 0.5) is 11.6 Å². The standard InChI is InChI=1S/C13H20N2O3.C8H16O3.C5H5ClN2/c14-11-5-3-6-12(15-11)16-9-4-10-18-13-7-1-2-8-17-13;9-5-3-7-11-8-4-1-2-6-10-8;6-4-2-1-3-5(7)8-4/h3,5-6,13H,1-2,4,7-10H2,(H2,14,15);8-9H,1-7H2;1-3H,(H2,7,8). The lowest BCUT2D eigenvalue weighted by atomic mass is 10.2. The van der Waals surface area contributed by atoms with Crippen molar-refractivity contribution in [1.82, 2.24) is 9.97 Å². The number of hydrogen-bond acceptors (Lipinski definition) is 10. The number of hydrogen-bond donors (Lipinski definition) is 3. The van der Waals surface area contributed by atoms with Gasteiger partial charge < -0.3 is 40.3 Å². The van der Waals surface area contributed by atoms with Gasteiger partial charge in [-0.3, -0.25) is 0 Å². The summed E-state index contributed by atoms with van der Waals surface area (Å²) in [5, 5.41) is 8.91. The third-order valence-electron chi connectivity index (χ3n) is 5.21. The van der Waals surface area contributed by atoms with Crippen molar-refractivity contribution >= 4 is 23.2 Å². The zero-order valence-electron chi connectivity index (χ0n) is 21.4. The van der Waals surface area contributed by atoms with Gasteiger partial charge in [0.05, 0.1) is 19.8 Å². The molecule has 0 radical (unpaired) electrons. The predicted octanol–water partition coefficient (Wildman–Crippen LogP) is 4.21. The SMILES string of the molecule is Nc1cccc(Cl)n1.Nc1cccc(OCCCOC2CCCCO2)n1.OCCCOC1CCCCO1. The molecule has 0 amide bonds. The van der Waals surface area contributed by atoms with Crippen molar-refractivity contribution in [2.24, 2.45) is 0 Å². The molecule has 0 aromatic carbocycles. The Morgan fingerprint density at radius 1 is 0.811 bits per heavy atom. The van der Waals surface area contributed by atoms with Gasteiger partial charge in [0.15, 0.2) is 12.6 Å². The molecular weight excluding hydrogens is 500 g/mol. The largest absolute Gasteiger partial charge is 0.478 e. The first kappa shape index (κ1) is 31.0. The summed E-state index contributed by atoms with van der Waals surface area (Å²) in [7, 11) is 0. The number of halogens is 1. The fourth-order valence-electron chi connectivity index (χ4n) is 3.35. The van der Waals surface area contributed by atoms with Crippen molar-refractivity contribution in [3.63, 3.8) is 0 Å². The average Bonchev–Trinajstić information content (AvgIpc) is 2.91. The highest BCUT2D eigenvalue weighted by Crippen LogP contribution is 2.15. The van der Waals surface area contributed by atoms with Crippen LogP contribution in [0.3, 0.4) is 0 Å². The molecule has 2 fully saturated rings. The first-order chi connectivity index (χ1) is 18.1. The van der Waals surface area contributed by atoms with Gasteiger partial charge in [-0.25, -0.2) is 4.98 Å². The molecule has 208 valence electrons.